The van der Waals surface area contributed by atoms with Crippen molar-refractivity contribution in [3.8, 4) is 5.75 Å². The van der Waals surface area contributed by atoms with Gasteiger partial charge in [0.15, 0.2) is 11.6 Å². The van der Waals surface area contributed by atoms with E-state index in [1.54, 1.807) is 12.1 Å². The lowest BCUT2D eigenvalue weighted by molar-refractivity contribution is 0.295. The smallest absolute Gasteiger partial charge is 0.201 e. The highest BCUT2D eigenvalue weighted by Gasteiger charge is 2.20. The molecule has 0 bridgehead atoms. The molecule has 0 spiro atoms. The van der Waals surface area contributed by atoms with Crippen LogP contribution >= 0.6 is 0 Å². The fraction of sp³-hybridized carbons (Fsp3) is 0.500. The number of halogens is 2. The van der Waals surface area contributed by atoms with Crippen LogP contribution in [0.1, 0.15) is 57.9 Å². The molecule has 0 N–H and O–H groups in total. The summed E-state index contributed by atoms with van der Waals surface area (Å²) in [6.45, 7) is 4.36. The van der Waals surface area contributed by atoms with Crippen molar-refractivity contribution >= 4 is 5.57 Å². The SMILES string of the molecule is CC=CCCC1CC=C(c2ccc(OCCC)c(F)c2F)CC1. The molecule has 3 heteroatoms. The van der Waals surface area contributed by atoms with Gasteiger partial charge in [0.2, 0.25) is 5.82 Å². The molecule has 126 valence electrons. The summed E-state index contributed by atoms with van der Waals surface area (Å²) in [6.07, 6.45) is 12.2. The molecule has 0 aromatic heterocycles. The van der Waals surface area contributed by atoms with E-state index in [-0.39, 0.29) is 5.75 Å². The average molecular weight is 320 g/mol. The molecule has 0 saturated carbocycles. The van der Waals surface area contributed by atoms with Crippen LogP contribution in [0.3, 0.4) is 0 Å². The number of rotatable bonds is 7. The third kappa shape index (κ3) is 4.66. The van der Waals surface area contributed by atoms with E-state index in [0.29, 0.717) is 18.1 Å². The quantitative estimate of drug-likeness (QED) is 0.536. The first-order valence-electron chi connectivity index (χ1n) is 8.58. The molecule has 1 nitrogen and oxygen atoms in total. The summed E-state index contributed by atoms with van der Waals surface area (Å²) >= 11 is 0. The molecular formula is C20H26F2O. The Balaban J connectivity index is 2.06. The Morgan fingerprint density at radius 3 is 2.74 bits per heavy atom. The van der Waals surface area contributed by atoms with E-state index in [4.69, 9.17) is 4.74 Å². The fourth-order valence-electron chi connectivity index (χ4n) is 3.00. The van der Waals surface area contributed by atoms with Crippen LogP contribution in [0.5, 0.6) is 5.75 Å². The second-order valence-corrected chi connectivity index (χ2v) is 6.10. The largest absolute Gasteiger partial charge is 0.490 e. The minimum Gasteiger partial charge on any atom is -0.490 e. The van der Waals surface area contributed by atoms with Crippen molar-refractivity contribution in [2.45, 2.75) is 52.4 Å². The lowest BCUT2D eigenvalue weighted by atomic mass is 9.84. The van der Waals surface area contributed by atoms with Gasteiger partial charge in [-0.05, 0) is 69.1 Å². The summed E-state index contributed by atoms with van der Waals surface area (Å²) in [5.41, 5.74) is 1.31. The Morgan fingerprint density at radius 2 is 2.09 bits per heavy atom. The van der Waals surface area contributed by atoms with Gasteiger partial charge >= 0.3 is 0 Å². The zero-order chi connectivity index (χ0) is 16.7. The van der Waals surface area contributed by atoms with Crippen molar-refractivity contribution in [1.29, 1.82) is 0 Å². The molecule has 1 aromatic carbocycles. The van der Waals surface area contributed by atoms with Crippen LogP contribution in [0.15, 0.2) is 30.4 Å². The minimum atomic E-state index is -0.868. The molecule has 1 unspecified atom stereocenters. The summed E-state index contributed by atoms with van der Waals surface area (Å²) in [6, 6.07) is 3.19. The van der Waals surface area contributed by atoms with Crippen molar-refractivity contribution in [2.24, 2.45) is 5.92 Å². The predicted octanol–water partition coefficient (Wildman–Crippen LogP) is 6.29. The number of allylic oxidation sites excluding steroid dienone is 4. The molecule has 0 amide bonds. The number of benzene rings is 1. The second kappa shape index (κ2) is 8.85. The Kier molecular flexibility index (Phi) is 6.82. The summed E-state index contributed by atoms with van der Waals surface area (Å²) in [4.78, 5) is 0. The maximum absolute atomic E-state index is 14.3. The van der Waals surface area contributed by atoms with Gasteiger partial charge in [0.1, 0.15) is 0 Å². The number of ether oxygens (including phenoxy) is 1. The van der Waals surface area contributed by atoms with Gasteiger partial charge in [-0.1, -0.05) is 25.2 Å². The predicted molar refractivity (Wildman–Crippen MR) is 91.5 cm³/mol. The topological polar surface area (TPSA) is 9.23 Å². The van der Waals surface area contributed by atoms with Crippen LogP contribution in [-0.4, -0.2) is 6.61 Å². The lowest BCUT2D eigenvalue weighted by Gasteiger charge is -2.22. The number of hydrogen-bond donors (Lipinski definition) is 0. The van der Waals surface area contributed by atoms with Crippen molar-refractivity contribution in [2.75, 3.05) is 6.61 Å². The third-order valence-electron chi connectivity index (χ3n) is 4.35. The van der Waals surface area contributed by atoms with Crippen molar-refractivity contribution in [1.82, 2.24) is 0 Å². The van der Waals surface area contributed by atoms with E-state index in [0.717, 1.165) is 44.1 Å². The van der Waals surface area contributed by atoms with Crippen LogP contribution in [0.2, 0.25) is 0 Å². The second-order valence-electron chi connectivity index (χ2n) is 6.10. The highest BCUT2D eigenvalue weighted by atomic mass is 19.2. The Bertz CT molecular complexity index is 575. The standard InChI is InChI=1S/C20H26F2O/c1-3-5-6-7-15-8-10-16(11-9-15)17-12-13-18(23-14-4-2)20(22)19(17)21/h3,5,10,12-13,15H,4,6-9,11,14H2,1-2H3. The molecule has 0 fully saturated rings. The Morgan fingerprint density at radius 1 is 1.26 bits per heavy atom. The number of hydrogen-bond acceptors (Lipinski definition) is 1. The summed E-state index contributed by atoms with van der Waals surface area (Å²) in [5, 5.41) is 0. The van der Waals surface area contributed by atoms with Crippen LogP contribution in [0.25, 0.3) is 5.57 Å². The lowest BCUT2D eigenvalue weighted by Crippen LogP contribution is -2.07. The van der Waals surface area contributed by atoms with Gasteiger partial charge in [-0.25, -0.2) is 4.39 Å². The average Bonchev–Trinajstić information content (AvgIpc) is 2.57. The first kappa shape index (κ1) is 17.7. The van der Waals surface area contributed by atoms with Crippen LogP contribution in [-0.2, 0) is 0 Å². The molecular weight excluding hydrogens is 294 g/mol. The highest BCUT2D eigenvalue weighted by molar-refractivity contribution is 5.67. The van der Waals surface area contributed by atoms with Crippen LogP contribution in [0, 0.1) is 17.6 Å². The van der Waals surface area contributed by atoms with Gasteiger partial charge in [-0.3, -0.25) is 0 Å². The van der Waals surface area contributed by atoms with Crippen LogP contribution < -0.4 is 4.74 Å². The Hall–Kier alpha value is -1.64. The van der Waals surface area contributed by atoms with E-state index < -0.39 is 11.6 Å². The molecule has 23 heavy (non-hydrogen) atoms. The summed E-state index contributed by atoms with van der Waals surface area (Å²) < 4.78 is 33.6. The zero-order valence-corrected chi connectivity index (χ0v) is 14.1. The first-order chi connectivity index (χ1) is 11.2. The van der Waals surface area contributed by atoms with Gasteiger partial charge in [-0.15, -0.1) is 0 Å². The van der Waals surface area contributed by atoms with Gasteiger partial charge in [0.25, 0.3) is 0 Å². The molecule has 0 aliphatic heterocycles. The van der Waals surface area contributed by atoms with Crippen molar-refractivity contribution in [3.05, 3.63) is 47.6 Å². The maximum Gasteiger partial charge on any atom is 0.201 e. The Labute approximate surface area is 138 Å². The normalized spacial score (nSPS) is 18.3. The van der Waals surface area contributed by atoms with Crippen molar-refractivity contribution in [3.63, 3.8) is 0 Å². The highest BCUT2D eigenvalue weighted by Crippen LogP contribution is 2.35. The van der Waals surface area contributed by atoms with E-state index in [1.807, 2.05) is 13.8 Å². The van der Waals surface area contributed by atoms with E-state index >= 15 is 0 Å². The minimum absolute atomic E-state index is 0.00809. The molecule has 0 saturated heterocycles. The van der Waals surface area contributed by atoms with Crippen LogP contribution in [0.4, 0.5) is 8.78 Å². The molecule has 0 heterocycles. The molecule has 1 atom stereocenters. The molecule has 1 aliphatic rings. The molecule has 2 rings (SSSR count). The molecule has 1 aliphatic carbocycles. The third-order valence-corrected chi connectivity index (χ3v) is 4.35. The molecule has 0 radical (unpaired) electrons. The summed E-state index contributed by atoms with van der Waals surface area (Å²) in [7, 11) is 0. The fourth-order valence-corrected chi connectivity index (χ4v) is 3.00. The molecule has 1 aromatic rings. The maximum atomic E-state index is 14.3. The van der Waals surface area contributed by atoms with E-state index in [9.17, 15) is 8.78 Å². The van der Waals surface area contributed by atoms with E-state index in [1.165, 1.54) is 0 Å². The summed E-state index contributed by atoms with van der Waals surface area (Å²) in [5.74, 6) is -0.993. The zero-order valence-electron chi connectivity index (χ0n) is 14.1. The monoisotopic (exact) mass is 320 g/mol. The van der Waals surface area contributed by atoms with Gasteiger partial charge < -0.3 is 4.74 Å². The van der Waals surface area contributed by atoms with Gasteiger partial charge in [0, 0.05) is 5.56 Å². The van der Waals surface area contributed by atoms with Crippen molar-refractivity contribution < 1.29 is 13.5 Å². The van der Waals surface area contributed by atoms with Gasteiger partial charge in [0.05, 0.1) is 6.61 Å². The van der Waals surface area contributed by atoms with Gasteiger partial charge in [-0.2, -0.15) is 4.39 Å². The van der Waals surface area contributed by atoms with E-state index in [2.05, 4.69) is 18.2 Å². The first-order valence-corrected chi connectivity index (χ1v) is 8.58.